The van der Waals surface area contributed by atoms with Crippen molar-refractivity contribution >= 4 is 17.8 Å². The fraction of sp³-hybridized carbons (Fsp3) is 0.188. The molecule has 4 rings (SSSR count). The summed E-state index contributed by atoms with van der Waals surface area (Å²) in [6, 6.07) is 13.8. The van der Waals surface area contributed by atoms with Crippen LogP contribution in [-0.2, 0) is 0 Å². The van der Waals surface area contributed by atoms with Crippen molar-refractivity contribution in [2.24, 2.45) is 4.99 Å². The molecule has 0 aromatic heterocycles. The van der Waals surface area contributed by atoms with Crippen LogP contribution in [0.3, 0.4) is 0 Å². The molecule has 20 heavy (non-hydrogen) atoms. The van der Waals surface area contributed by atoms with Crippen LogP contribution < -0.4 is 0 Å². The zero-order valence-electron chi connectivity index (χ0n) is 10.9. The molecule has 2 aromatic rings. The summed E-state index contributed by atoms with van der Waals surface area (Å²) in [6.45, 7) is 2.00. The number of aliphatic imine (C=N–C) groups is 1. The minimum Gasteiger partial charge on any atom is -0.508 e. The van der Waals surface area contributed by atoms with Gasteiger partial charge in [0.2, 0.25) is 0 Å². The summed E-state index contributed by atoms with van der Waals surface area (Å²) in [4.78, 5) is 5.89. The van der Waals surface area contributed by atoms with Gasteiger partial charge in [-0.15, -0.1) is 0 Å². The van der Waals surface area contributed by atoms with E-state index < -0.39 is 0 Å². The van der Waals surface area contributed by atoms with E-state index in [9.17, 15) is 5.11 Å². The molecular formula is C16H14N2OS. The maximum absolute atomic E-state index is 9.60. The molecule has 0 unspecified atom stereocenters. The Morgan fingerprint density at radius 1 is 1.10 bits per heavy atom. The van der Waals surface area contributed by atoms with Gasteiger partial charge in [0.15, 0.2) is 0 Å². The predicted molar refractivity (Wildman–Crippen MR) is 82.1 cm³/mol. The number of phenolic OH excluding ortho intramolecular Hbond substituents is 1. The number of hydrogen-bond donors (Lipinski definition) is 1. The van der Waals surface area contributed by atoms with Gasteiger partial charge in [0.1, 0.15) is 11.6 Å². The van der Waals surface area contributed by atoms with Gasteiger partial charge in [0.25, 0.3) is 0 Å². The second-order valence-corrected chi connectivity index (χ2v) is 6.08. The summed E-state index contributed by atoms with van der Waals surface area (Å²) < 4.78 is 2.28. The van der Waals surface area contributed by atoms with Crippen LogP contribution in [0.4, 0.5) is 0 Å². The third-order valence-electron chi connectivity index (χ3n) is 3.63. The van der Waals surface area contributed by atoms with E-state index in [0.717, 1.165) is 36.5 Å². The zero-order chi connectivity index (χ0) is 13.5. The molecule has 0 bridgehead atoms. The first kappa shape index (κ1) is 11.9. The number of rotatable bonds is 1. The highest BCUT2D eigenvalue weighted by Crippen LogP contribution is 2.40. The van der Waals surface area contributed by atoms with Crippen molar-refractivity contribution in [1.82, 2.24) is 4.31 Å². The topological polar surface area (TPSA) is 35.8 Å². The number of amidine groups is 1. The van der Waals surface area contributed by atoms with Crippen LogP contribution in [0.25, 0.3) is 11.1 Å². The molecule has 1 N–H and O–H groups in total. The van der Waals surface area contributed by atoms with Crippen LogP contribution in [0.15, 0.2) is 52.4 Å². The first-order valence-electron chi connectivity index (χ1n) is 6.75. The lowest BCUT2D eigenvalue weighted by atomic mass is 10.0. The van der Waals surface area contributed by atoms with Crippen LogP contribution in [0.5, 0.6) is 5.75 Å². The molecule has 0 spiro atoms. The van der Waals surface area contributed by atoms with Gasteiger partial charge in [-0.3, -0.25) is 9.30 Å². The van der Waals surface area contributed by atoms with Gasteiger partial charge in [-0.25, -0.2) is 0 Å². The maximum Gasteiger partial charge on any atom is 0.142 e. The van der Waals surface area contributed by atoms with Crippen molar-refractivity contribution in [2.45, 2.75) is 11.3 Å². The number of phenols is 1. The summed E-state index contributed by atoms with van der Waals surface area (Å²) in [5.41, 5.74) is 3.41. The third-order valence-corrected chi connectivity index (χ3v) is 4.74. The monoisotopic (exact) mass is 282 g/mol. The van der Waals surface area contributed by atoms with Gasteiger partial charge >= 0.3 is 0 Å². The molecule has 3 nitrogen and oxygen atoms in total. The average Bonchev–Trinajstić information content (AvgIpc) is 2.85. The molecule has 100 valence electrons. The highest BCUT2D eigenvalue weighted by atomic mass is 32.2. The smallest absolute Gasteiger partial charge is 0.142 e. The molecule has 2 aliphatic rings. The number of benzene rings is 2. The third kappa shape index (κ3) is 1.88. The van der Waals surface area contributed by atoms with E-state index in [-0.39, 0.29) is 0 Å². The summed E-state index contributed by atoms with van der Waals surface area (Å²) in [6.07, 6.45) is 1.13. The van der Waals surface area contributed by atoms with E-state index in [0.29, 0.717) is 5.75 Å². The fourth-order valence-corrected chi connectivity index (χ4v) is 3.80. The fourth-order valence-electron chi connectivity index (χ4n) is 2.66. The number of hydrogen-bond acceptors (Lipinski definition) is 4. The van der Waals surface area contributed by atoms with E-state index in [4.69, 9.17) is 0 Å². The normalized spacial score (nSPS) is 16.6. The Morgan fingerprint density at radius 2 is 2.00 bits per heavy atom. The Hall–Kier alpha value is -1.94. The average molecular weight is 282 g/mol. The quantitative estimate of drug-likeness (QED) is 0.813. The lowest BCUT2D eigenvalue weighted by molar-refractivity contribution is 0.475. The largest absolute Gasteiger partial charge is 0.508 e. The zero-order valence-corrected chi connectivity index (χ0v) is 11.7. The van der Waals surface area contributed by atoms with Crippen LogP contribution in [0, 0.1) is 0 Å². The SMILES string of the molecule is Oc1cccc(-c2ccc3c(c2)SN2CCCN=C32)c1. The summed E-state index contributed by atoms with van der Waals surface area (Å²) >= 11 is 1.77. The molecule has 2 heterocycles. The van der Waals surface area contributed by atoms with Crippen LogP contribution >= 0.6 is 11.9 Å². The van der Waals surface area contributed by atoms with E-state index in [1.54, 1.807) is 24.1 Å². The van der Waals surface area contributed by atoms with Crippen molar-refractivity contribution in [3.05, 3.63) is 48.0 Å². The van der Waals surface area contributed by atoms with Gasteiger partial charge in [0.05, 0.1) is 0 Å². The molecule has 0 saturated heterocycles. The molecule has 0 atom stereocenters. The second kappa shape index (κ2) is 4.56. The summed E-state index contributed by atoms with van der Waals surface area (Å²) in [5.74, 6) is 1.43. The van der Waals surface area contributed by atoms with Gasteiger partial charge in [0, 0.05) is 23.5 Å². The first-order valence-corrected chi connectivity index (χ1v) is 7.52. The first-order chi connectivity index (χ1) is 9.81. The molecule has 0 fully saturated rings. The van der Waals surface area contributed by atoms with E-state index in [2.05, 4.69) is 27.5 Å². The number of fused-ring (bicyclic) bond motifs is 3. The van der Waals surface area contributed by atoms with Gasteiger partial charge in [-0.1, -0.05) is 18.2 Å². The molecule has 2 aromatic carbocycles. The Kier molecular flexibility index (Phi) is 2.70. The van der Waals surface area contributed by atoms with Crippen molar-refractivity contribution in [2.75, 3.05) is 13.1 Å². The van der Waals surface area contributed by atoms with Crippen LogP contribution in [-0.4, -0.2) is 28.3 Å². The Morgan fingerprint density at radius 3 is 2.90 bits per heavy atom. The Balaban J connectivity index is 1.77. The standard InChI is InChI=1S/C16H14N2OS/c19-13-4-1-3-11(9-13)12-5-6-14-15(10-12)20-18-8-2-7-17-16(14)18/h1,3-6,9-10,19H,2,7-8H2. The van der Waals surface area contributed by atoms with Crippen LogP contribution in [0.2, 0.25) is 0 Å². The molecule has 4 heteroatoms. The molecule has 0 saturated carbocycles. The highest BCUT2D eigenvalue weighted by Gasteiger charge is 2.28. The van der Waals surface area contributed by atoms with Crippen molar-refractivity contribution < 1.29 is 5.11 Å². The van der Waals surface area contributed by atoms with Crippen LogP contribution in [0.1, 0.15) is 12.0 Å². The summed E-state index contributed by atoms with van der Waals surface area (Å²) in [5, 5.41) is 9.60. The van der Waals surface area contributed by atoms with Crippen molar-refractivity contribution in [3.8, 4) is 16.9 Å². The maximum atomic E-state index is 9.60. The molecular weight excluding hydrogens is 268 g/mol. The Bertz CT molecular complexity index is 711. The number of aromatic hydroxyl groups is 1. The molecule has 0 aliphatic carbocycles. The Labute approximate surface area is 122 Å². The van der Waals surface area contributed by atoms with Gasteiger partial charge < -0.3 is 5.11 Å². The van der Waals surface area contributed by atoms with Crippen molar-refractivity contribution in [3.63, 3.8) is 0 Å². The highest BCUT2D eigenvalue weighted by molar-refractivity contribution is 7.98. The molecule has 0 radical (unpaired) electrons. The molecule has 2 aliphatic heterocycles. The van der Waals surface area contributed by atoms with E-state index in [1.165, 1.54) is 10.5 Å². The lowest BCUT2D eigenvalue weighted by Gasteiger charge is -2.20. The lowest BCUT2D eigenvalue weighted by Crippen LogP contribution is -2.26. The minimum absolute atomic E-state index is 0.303. The van der Waals surface area contributed by atoms with E-state index in [1.807, 2.05) is 12.1 Å². The van der Waals surface area contributed by atoms with Gasteiger partial charge in [-0.05, 0) is 53.8 Å². The molecule has 0 amide bonds. The van der Waals surface area contributed by atoms with Crippen molar-refractivity contribution in [1.29, 1.82) is 0 Å². The minimum atomic E-state index is 0.303. The van der Waals surface area contributed by atoms with E-state index >= 15 is 0 Å². The predicted octanol–water partition coefficient (Wildman–Crippen LogP) is 3.53. The second-order valence-electron chi connectivity index (χ2n) is 5.01. The summed E-state index contributed by atoms with van der Waals surface area (Å²) in [7, 11) is 0. The number of nitrogens with zero attached hydrogens (tertiary/aromatic N) is 2. The van der Waals surface area contributed by atoms with Gasteiger partial charge in [-0.2, -0.15) is 0 Å².